The van der Waals surface area contributed by atoms with Crippen molar-refractivity contribution in [3.63, 3.8) is 0 Å². The first kappa shape index (κ1) is 27.3. The SMILES string of the molecule is COC(=O)C(C)=CCCC(C)C1CCC2(C)C3=C(C(O)CC12C)C1(C)CCC(=O)C(C)(C)C1CC3=O. The van der Waals surface area contributed by atoms with Gasteiger partial charge < -0.3 is 9.84 Å². The molecule has 7 unspecified atom stereocenters. The molecule has 200 valence electrons. The van der Waals surface area contributed by atoms with Crippen LogP contribution in [0.5, 0.6) is 0 Å². The van der Waals surface area contributed by atoms with Crippen LogP contribution in [-0.4, -0.2) is 35.9 Å². The van der Waals surface area contributed by atoms with Crippen molar-refractivity contribution in [1.29, 1.82) is 0 Å². The minimum absolute atomic E-state index is 0.0546. The number of carbonyl (C=O) groups is 3. The summed E-state index contributed by atoms with van der Waals surface area (Å²) < 4.78 is 4.82. The average molecular weight is 499 g/mol. The highest BCUT2D eigenvalue weighted by Crippen LogP contribution is 2.71. The van der Waals surface area contributed by atoms with Gasteiger partial charge in [-0.25, -0.2) is 4.79 Å². The first-order valence-electron chi connectivity index (χ1n) is 13.9. The number of hydrogen-bond acceptors (Lipinski definition) is 5. The summed E-state index contributed by atoms with van der Waals surface area (Å²) >= 11 is 0. The van der Waals surface area contributed by atoms with Crippen molar-refractivity contribution >= 4 is 17.5 Å². The maximum Gasteiger partial charge on any atom is 0.333 e. The Labute approximate surface area is 217 Å². The largest absolute Gasteiger partial charge is 0.466 e. The summed E-state index contributed by atoms with van der Waals surface area (Å²) in [6, 6.07) is 0. The van der Waals surface area contributed by atoms with Crippen molar-refractivity contribution in [2.45, 2.75) is 106 Å². The maximum atomic E-state index is 13.9. The van der Waals surface area contributed by atoms with Crippen LogP contribution in [0, 0.1) is 39.4 Å². The second-order valence-corrected chi connectivity index (χ2v) is 13.6. The summed E-state index contributed by atoms with van der Waals surface area (Å²) in [6.07, 6.45) is 7.39. The number of hydrogen-bond donors (Lipinski definition) is 1. The van der Waals surface area contributed by atoms with Gasteiger partial charge >= 0.3 is 5.97 Å². The van der Waals surface area contributed by atoms with Crippen molar-refractivity contribution in [2.24, 2.45) is 39.4 Å². The Hall–Kier alpha value is -1.75. The zero-order valence-corrected chi connectivity index (χ0v) is 23.6. The molecule has 4 aliphatic rings. The van der Waals surface area contributed by atoms with Crippen LogP contribution in [0.25, 0.3) is 0 Å². The first-order valence-corrected chi connectivity index (χ1v) is 13.9. The van der Waals surface area contributed by atoms with Crippen LogP contribution in [0.1, 0.15) is 99.8 Å². The van der Waals surface area contributed by atoms with Gasteiger partial charge in [0.25, 0.3) is 0 Å². The van der Waals surface area contributed by atoms with Gasteiger partial charge in [0.15, 0.2) is 5.78 Å². The van der Waals surface area contributed by atoms with Gasteiger partial charge in [0, 0.05) is 34.8 Å². The summed E-state index contributed by atoms with van der Waals surface area (Å²) in [7, 11) is 1.40. The number of esters is 1. The van der Waals surface area contributed by atoms with Gasteiger partial charge in [-0.1, -0.05) is 47.6 Å². The molecule has 2 fully saturated rings. The third kappa shape index (κ3) is 3.70. The van der Waals surface area contributed by atoms with Crippen LogP contribution in [0.15, 0.2) is 22.8 Å². The molecule has 4 rings (SSSR count). The molecule has 0 bridgehead atoms. The van der Waals surface area contributed by atoms with E-state index in [0.717, 1.165) is 43.3 Å². The normalized spacial score (nSPS) is 40.9. The van der Waals surface area contributed by atoms with Crippen molar-refractivity contribution in [3.05, 3.63) is 22.8 Å². The molecular formula is C31H46O5. The minimum Gasteiger partial charge on any atom is -0.466 e. The first-order chi connectivity index (χ1) is 16.6. The zero-order chi connectivity index (χ0) is 26.8. The molecular weight excluding hydrogens is 452 g/mol. The van der Waals surface area contributed by atoms with Crippen LogP contribution in [-0.2, 0) is 19.1 Å². The van der Waals surface area contributed by atoms with E-state index < -0.39 is 11.5 Å². The second kappa shape index (κ2) is 8.92. The number of aliphatic hydroxyl groups excluding tert-OH is 1. The lowest BCUT2D eigenvalue weighted by molar-refractivity contribution is -0.144. The molecule has 36 heavy (non-hydrogen) atoms. The lowest BCUT2D eigenvalue weighted by Gasteiger charge is -2.61. The lowest BCUT2D eigenvalue weighted by atomic mass is 9.42. The van der Waals surface area contributed by atoms with E-state index in [1.807, 2.05) is 19.9 Å². The van der Waals surface area contributed by atoms with Gasteiger partial charge in [0.1, 0.15) is 5.78 Å². The quantitative estimate of drug-likeness (QED) is 0.372. The molecule has 2 saturated carbocycles. The van der Waals surface area contributed by atoms with E-state index in [4.69, 9.17) is 4.74 Å². The summed E-state index contributed by atoms with van der Waals surface area (Å²) in [5, 5.41) is 11.8. The highest BCUT2D eigenvalue weighted by atomic mass is 16.5. The Morgan fingerprint density at radius 1 is 1.17 bits per heavy atom. The van der Waals surface area contributed by atoms with Gasteiger partial charge in [0.05, 0.1) is 13.2 Å². The number of ketones is 2. The summed E-state index contributed by atoms with van der Waals surface area (Å²) in [4.78, 5) is 38.5. The molecule has 0 aliphatic heterocycles. The number of methoxy groups -OCH3 is 1. The van der Waals surface area contributed by atoms with Gasteiger partial charge in [0.2, 0.25) is 0 Å². The minimum atomic E-state index is -0.645. The number of carbonyl (C=O) groups excluding carboxylic acids is 3. The van der Waals surface area contributed by atoms with Gasteiger partial charge in [-0.2, -0.15) is 0 Å². The molecule has 0 saturated heterocycles. The second-order valence-electron chi connectivity index (χ2n) is 13.6. The Bertz CT molecular complexity index is 1030. The van der Waals surface area contributed by atoms with Gasteiger partial charge in [-0.15, -0.1) is 0 Å². The van der Waals surface area contributed by atoms with E-state index in [-0.39, 0.29) is 39.7 Å². The molecule has 4 aliphatic carbocycles. The van der Waals surface area contributed by atoms with E-state index >= 15 is 0 Å². The fourth-order valence-electron chi connectivity index (χ4n) is 9.21. The molecule has 0 aromatic rings. The predicted octanol–water partition coefficient (Wildman–Crippen LogP) is 5.99. The maximum absolute atomic E-state index is 13.9. The number of rotatable bonds is 5. The zero-order valence-electron chi connectivity index (χ0n) is 23.6. The summed E-state index contributed by atoms with van der Waals surface area (Å²) in [5.74, 6) is 0.859. The molecule has 1 N–H and O–H groups in total. The smallest absolute Gasteiger partial charge is 0.333 e. The molecule has 0 aromatic heterocycles. The third-order valence-corrected chi connectivity index (χ3v) is 11.6. The molecule has 7 atom stereocenters. The molecule has 0 heterocycles. The van der Waals surface area contributed by atoms with E-state index in [1.54, 1.807) is 6.92 Å². The Balaban J connectivity index is 1.68. The average Bonchev–Trinajstić information content (AvgIpc) is 3.08. The molecule has 0 spiro atoms. The van der Waals surface area contributed by atoms with E-state index in [0.29, 0.717) is 36.7 Å². The topological polar surface area (TPSA) is 80.7 Å². The van der Waals surface area contributed by atoms with Crippen molar-refractivity contribution in [1.82, 2.24) is 0 Å². The van der Waals surface area contributed by atoms with Crippen LogP contribution < -0.4 is 0 Å². The highest BCUT2D eigenvalue weighted by molar-refractivity contribution is 6.01. The van der Waals surface area contributed by atoms with E-state index in [9.17, 15) is 19.5 Å². The predicted molar refractivity (Wildman–Crippen MR) is 140 cm³/mol. The van der Waals surface area contributed by atoms with Gasteiger partial charge in [-0.3, -0.25) is 9.59 Å². The van der Waals surface area contributed by atoms with Crippen LogP contribution in [0.2, 0.25) is 0 Å². The number of fused-ring (bicyclic) bond motifs is 4. The monoisotopic (exact) mass is 498 g/mol. The number of allylic oxidation sites excluding steroid dienone is 2. The lowest BCUT2D eigenvalue weighted by Crippen LogP contribution is -2.59. The standard InChI is InChI=1S/C31H46O5/c1-18(10-9-11-19(2)27(35)36-8)20-12-15-30(6)26-21(32)16-23-28(3,4)24(34)13-14-29(23,5)25(26)22(33)17-31(20,30)7/h11,18,20,22-23,33H,9-10,12-17H2,1-8H3. The van der Waals surface area contributed by atoms with Crippen LogP contribution >= 0.6 is 0 Å². The Morgan fingerprint density at radius 3 is 2.47 bits per heavy atom. The molecule has 5 nitrogen and oxygen atoms in total. The molecule has 0 radical (unpaired) electrons. The highest BCUT2D eigenvalue weighted by Gasteiger charge is 2.67. The molecule has 5 heteroatoms. The Morgan fingerprint density at radius 2 is 1.83 bits per heavy atom. The fourth-order valence-corrected chi connectivity index (χ4v) is 9.21. The van der Waals surface area contributed by atoms with Crippen molar-refractivity contribution in [3.8, 4) is 0 Å². The van der Waals surface area contributed by atoms with Crippen LogP contribution in [0.3, 0.4) is 0 Å². The van der Waals surface area contributed by atoms with E-state index in [2.05, 4.69) is 27.7 Å². The van der Waals surface area contributed by atoms with Crippen LogP contribution in [0.4, 0.5) is 0 Å². The number of Topliss-reactive ketones (excluding diaryl/α,β-unsaturated/α-hetero) is 2. The fraction of sp³-hybridized carbons (Fsp3) is 0.774. The molecule has 0 amide bonds. The van der Waals surface area contributed by atoms with Crippen molar-refractivity contribution < 1.29 is 24.2 Å². The number of aliphatic hydroxyl groups is 1. The summed E-state index contributed by atoms with van der Waals surface area (Å²) in [5.41, 5.74) is 1.20. The summed E-state index contributed by atoms with van der Waals surface area (Å²) in [6.45, 7) is 14.9. The molecule has 0 aromatic carbocycles. The van der Waals surface area contributed by atoms with Gasteiger partial charge in [-0.05, 0) is 79.6 Å². The Kier molecular flexibility index (Phi) is 6.76. The van der Waals surface area contributed by atoms with Crippen molar-refractivity contribution in [2.75, 3.05) is 7.11 Å². The third-order valence-electron chi connectivity index (χ3n) is 11.6. The van der Waals surface area contributed by atoms with E-state index in [1.165, 1.54) is 7.11 Å². The number of ether oxygens (including phenoxy) is 1.